The van der Waals surface area contributed by atoms with E-state index in [0.29, 0.717) is 26.2 Å². The second-order valence-corrected chi connectivity index (χ2v) is 6.60. The van der Waals surface area contributed by atoms with Crippen LogP contribution in [0.5, 0.6) is 0 Å². The first-order valence-corrected chi connectivity index (χ1v) is 8.56. The van der Waals surface area contributed by atoms with Gasteiger partial charge in [-0.25, -0.2) is 0 Å². The Kier molecular flexibility index (Phi) is 6.79. The quantitative estimate of drug-likeness (QED) is 0.430. The highest BCUT2D eigenvalue weighted by Crippen LogP contribution is 2.48. The van der Waals surface area contributed by atoms with Gasteiger partial charge in [0.05, 0.1) is 30.7 Å². The predicted molar refractivity (Wildman–Crippen MR) is 91.2 cm³/mol. The number of amides is 3. The molecule has 3 aliphatic heterocycles. The Morgan fingerprint density at radius 1 is 1.20 bits per heavy atom. The van der Waals surface area contributed by atoms with Crippen LogP contribution in [0.15, 0.2) is 0 Å². The summed E-state index contributed by atoms with van der Waals surface area (Å²) in [6, 6.07) is -0.783. The predicted octanol–water partition coefficient (Wildman–Crippen LogP) is -0.689. The third kappa shape index (κ3) is 3.67. The molecule has 0 spiro atoms. The Bertz CT molecular complexity index is 504. The molecule has 142 valence electrons. The summed E-state index contributed by atoms with van der Waals surface area (Å²) in [5.41, 5.74) is 0. The molecule has 5 unspecified atom stereocenters. The van der Waals surface area contributed by atoms with Gasteiger partial charge in [0.1, 0.15) is 6.04 Å². The number of hydrogen-bond donors (Lipinski definition) is 2. The van der Waals surface area contributed by atoms with Crippen molar-refractivity contribution in [1.82, 2.24) is 15.5 Å². The molecule has 3 amide bonds. The molecular weight excluding hydrogens is 350 g/mol. The number of fused-ring (bicyclic) bond motifs is 5. The Morgan fingerprint density at radius 3 is 2.36 bits per heavy atom. The zero-order valence-corrected chi connectivity index (χ0v) is 15.3. The fraction of sp³-hybridized carbons (Fsp3) is 0.812. The summed E-state index contributed by atoms with van der Waals surface area (Å²) in [4.78, 5) is 38.6. The lowest BCUT2D eigenvalue weighted by molar-refractivity contribution is -0.149. The maximum absolute atomic E-state index is 12.6. The average Bonchev–Trinajstić information content (AvgIpc) is 3.24. The first kappa shape index (κ1) is 20.1. The van der Waals surface area contributed by atoms with Gasteiger partial charge in [-0.15, -0.1) is 12.4 Å². The molecule has 3 heterocycles. The zero-order chi connectivity index (χ0) is 17.3. The number of nitrogens with one attached hydrogen (secondary N) is 2. The van der Waals surface area contributed by atoms with E-state index in [1.54, 1.807) is 14.0 Å². The molecule has 8 nitrogen and oxygen atoms in total. The van der Waals surface area contributed by atoms with Gasteiger partial charge in [-0.2, -0.15) is 0 Å². The van der Waals surface area contributed by atoms with Crippen LogP contribution in [-0.4, -0.2) is 74.2 Å². The van der Waals surface area contributed by atoms with Crippen LogP contribution in [0.3, 0.4) is 0 Å². The second kappa shape index (κ2) is 8.44. The number of rotatable bonds is 8. The molecule has 3 aliphatic rings. The average molecular weight is 376 g/mol. The van der Waals surface area contributed by atoms with Gasteiger partial charge in [-0.05, 0) is 19.8 Å². The number of likely N-dealkylation sites (tertiary alicyclic amines) is 1. The fourth-order valence-corrected chi connectivity index (χ4v) is 3.96. The van der Waals surface area contributed by atoms with Crippen molar-refractivity contribution in [3.63, 3.8) is 0 Å². The highest BCUT2D eigenvalue weighted by molar-refractivity contribution is 6.09. The molecule has 9 heteroatoms. The van der Waals surface area contributed by atoms with Crippen LogP contribution in [0.1, 0.15) is 19.8 Å². The van der Waals surface area contributed by atoms with E-state index in [-0.39, 0.29) is 54.2 Å². The van der Waals surface area contributed by atoms with Crippen molar-refractivity contribution < 1.29 is 23.9 Å². The molecule has 0 aromatic heterocycles. The van der Waals surface area contributed by atoms with Crippen molar-refractivity contribution in [2.24, 2.45) is 11.8 Å². The van der Waals surface area contributed by atoms with Crippen LogP contribution < -0.4 is 10.6 Å². The van der Waals surface area contributed by atoms with Crippen LogP contribution in [0.2, 0.25) is 0 Å². The molecule has 0 saturated carbocycles. The summed E-state index contributed by atoms with van der Waals surface area (Å²) in [5.74, 6) is -1.58. The van der Waals surface area contributed by atoms with Gasteiger partial charge in [0, 0.05) is 26.7 Å². The van der Waals surface area contributed by atoms with Gasteiger partial charge >= 0.3 is 0 Å². The van der Waals surface area contributed by atoms with E-state index in [9.17, 15) is 14.4 Å². The maximum atomic E-state index is 12.6. The zero-order valence-electron chi connectivity index (χ0n) is 14.5. The third-order valence-electron chi connectivity index (χ3n) is 5.17. The Balaban J connectivity index is 0.00000225. The van der Waals surface area contributed by atoms with Gasteiger partial charge in [0.15, 0.2) is 0 Å². The van der Waals surface area contributed by atoms with Crippen molar-refractivity contribution >= 4 is 30.1 Å². The Morgan fingerprint density at radius 2 is 1.80 bits per heavy atom. The normalized spacial score (nSPS) is 31.0. The van der Waals surface area contributed by atoms with Gasteiger partial charge in [0.2, 0.25) is 17.7 Å². The number of ether oxygens (including phenoxy) is 2. The van der Waals surface area contributed by atoms with Gasteiger partial charge in [-0.1, -0.05) is 0 Å². The number of methoxy groups -OCH3 is 1. The van der Waals surface area contributed by atoms with E-state index in [2.05, 4.69) is 10.6 Å². The van der Waals surface area contributed by atoms with Crippen LogP contribution in [0.4, 0.5) is 0 Å². The van der Waals surface area contributed by atoms with Crippen molar-refractivity contribution in [2.45, 2.75) is 38.0 Å². The molecule has 5 atom stereocenters. The summed E-state index contributed by atoms with van der Waals surface area (Å²) in [6.45, 7) is 3.95. The number of carbonyl (C=O) groups excluding carboxylic acids is 3. The molecule has 25 heavy (non-hydrogen) atoms. The van der Waals surface area contributed by atoms with E-state index < -0.39 is 6.04 Å². The first-order valence-electron chi connectivity index (χ1n) is 8.56. The molecule has 2 bridgehead atoms. The minimum atomic E-state index is -0.783. The molecule has 3 rings (SSSR count). The molecule has 3 saturated heterocycles. The summed E-state index contributed by atoms with van der Waals surface area (Å²) in [7, 11) is 1.63. The third-order valence-corrected chi connectivity index (χ3v) is 5.17. The molecule has 0 radical (unpaired) electrons. The van der Waals surface area contributed by atoms with E-state index in [1.807, 2.05) is 0 Å². The first-order chi connectivity index (χ1) is 11.6. The lowest BCUT2D eigenvalue weighted by Crippen LogP contribution is -2.50. The topological polar surface area (TPSA) is 97.0 Å². The van der Waals surface area contributed by atoms with E-state index in [4.69, 9.17) is 9.47 Å². The molecule has 0 aliphatic carbocycles. The van der Waals surface area contributed by atoms with Gasteiger partial charge < -0.3 is 20.1 Å². The number of imide groups is 1. The lowest BCUT2D eigenvalue weighted by Gasteiger charge is -2.23. The number of halogens is 1. The summed E-state index contributed by atoms with van der Waals surface area (Å²) in [6.07, 6.45) is 1.35. The molecule has 2 N–H and O–H groups in total. The SMILES string of the molecule is COCCNCCNC(=O)C(C)N1C(=O)C2C3CCC(O3)C2C1=O.Cl. The highest BCUT2D eigenvalue weighted by Gasteiger charge is 2.63. The summed E-state index contributed by atoms with van der Waals surface area (Å²) < 4.78 is 10.6. The Hall–Kier alpha value is -1.22. The second-order valence-electron chi connectivity index (χ2n) is 6.60. The fourth-order valence-electron chi connectivity index (χ4n) is 3.96. The maximum Gasteiger partial charge on any atom is 0.243 e. The van der Waals surface area contributed by atoms with Crippen molar-refractivity contribution in [3.05, 3.63) is 0 Å². The molecule has 0 aromatic carbocycles. The van der Waals surface area contributed by atoms with E-state index in [1.165, 1.54) is 0 Å². The number of nitrogens with zero attached hydrogens (tertiary/aromatic N) is 1. The minimum Gasteiger partial charge on any atom is -0.383 e. The monoisotopic (exact) mass is 375 g/mol. The van der Waals surface area contributed by atoms with E-state index in [0.717, 1.165) is 17.7 Å². The standard InChI is InChI=1S/C16H25N3O5.ClH/c1-9(14(20)18-6-5-17-7-8-23-2)19-15(21)12-10-3-4-11(24-10)13(12)16(19)22;/h9-13,17H,3-8H2,1-2H3,(H,18,20);1H. The minimum absolute atomic E-state index is 0. The van der Waals surface area contributed by atoms with Gasteiger partial charge in [-0.3, -0.25) is 19.3 Å². The van der Waals surface area contributed by atoms with Gasteiger partial charge in [0.25, 0.3) is 0 Å². The highest BCUT2D eigenvalue weighted by atomic mass is 35.5. The smallest absolute Gasteiger partial charge is 0.243 e. The van der Waals surface area contributed by atoms with Crippen molar-refractivity contribution in [1.29, 1.82) is 0 Å². The summed E-state index contributed by atoms with van der Waals surface area (Å²) in [5, 5.41) is 5.88. The molecule has 3 fully saturated rings. The van der Waals surface area contributed by atoms with Crippen LogP contribution in [0, 0.1) is 11.8 Å². The molecular formula is C16H26ClN3O5. The van der Waals surface area contributed by atoms with E-state index >= 15 is 0 Å². The number of hydrogen-bond acceptors (Lipinski definition) is 6. The van der Waals surface area contributed by atoms with Crippen LogP contribution in [0.25, 0.3) is 0 Å². The summed E-state index contributed by atoms with van der Waals surface area (Å²) >= 11 is 0. The number of carbonyl (C=O) groups is 3. The Labute approximate surface area is 153 Å². The van der Waals surface area contributed by atoms with Crippen molar-refractivity contribution in [2.75, 3.05) is 33.4 Å². The lowest BCUT2D eigenvalue weighted by atomic mass is 9.81. The van der Waals surface area contributed by atoms with Crippen LogP contribution in [-0.2, 0) is 23.9 Å². The largest absolute Gasteiger partial charge is 0.383 e. The van der Waals surface area contributed by atoms with Crippen molar-refractivity contribution in [3.8, 4) is 0 Å². The van der Waals surface area contributed by atoms with Crippen LogP contribution >= 0.6 is 12.4 Å². The molecule has 0 aromatic rings.